The molecule has 5 nitrogen and oxygen atoms in total. The highest BCUT2D eigenvalue weighted by Gasteiger charge is 2.12. The lowest BCUT2D eigenvalue weighted by Crippen LogP contribution is -2.13. The standard InChI is InChI=1S/C15H12BrNO4/c1-8-2-3-9(7-13(8)18)14(19)17-12-6-10(15(20)21)4-5-11(12)16/h2-7,18H,1H3,(H,17,19)(H,20,21). The van der Waals surface area contributed by atoms with Crippen molar-refractivity contribution in [2.75, 3.05) is 5.32 Å². The third kappa shape index (κ3) is 3.41. The lowest BCUT2D eigenvalue weighted by atomic mass is 10.1. The fourth-order valence-electron chi connectivity index (χ4n) is 1.70. The molecule has 0 bridgehead atoms. The highest BCUT2D eigenvalue weighted by molar-refractivity contribution is 9.10. The number of anilines is 1. The number of carbonyl (C=O) groups is 2. The summed E-state index contributed by atoms with van der Waals surface area (Å²) in [5.74, 6) is -1.49. The van der Waals surface area contributed by atoms with Crippen LogP contribution in [-0.2, 0) is 0 Å². The van der Waals surface area contributed by atoms with Gasteiger partial charge in [0.2, 0.25) is 0 Å². The van der Waals surface area contributed by atoms with Crippen molar-refractivity contribution >= 4 is 33.5 Å². The summed E-state index contributed by atoms with van der Waals surface area (Å²) in [6.45, 7) is 1.73. The molecule has 0 atom stereocenters. The monoisotopic (exact) mass is 349 g/mol. The summed E-state index contributed by atoms with van der Waals surface area (Å²) in [5, 5.41) is 21.2. The molecule has 0 aliphatic rings. The molecule has 0 aromatic heterocycles. The van der Waals surface area contributed by atoms with Crippen LogP contribution in [0.4, 0.5) is 5.69 Å². The SMILES string of the molecule is Cc1ccc(C(=O)Nc2cc(C(=O)O)ccc2Br)cc1O. The molecular weight excluding hydrogens is 338 g/mol. The topological polar surface area (TPSA) is 86.6 Å². The van der Waals surface area contributed by atoms with E-state index in [-0.39, 0.29) is 16.9 Å². The summed E-state index contributed by atoms with van der Waals surface area (Å²) in [6, 6.07) is 8.91. The summed E-state index contributed by atoms with van der Waals surface area (Å²) in [7, 11) is 0. The molecular formula is C15H12BrNO4. The first kappa shape index (κ1) is 15.1. The Labute approximate surface area is 129 Å². The van der Waals surface area contributed by atoms with Gasteiger partial charge >= 0.3 is 5.97 Å². The molecule has 1 amide bonds. The Hall–Kier alpha value is -2.34. The molecule has 0 radical (unpaired) electrons. The molecule has 0 unspecified atom stereocenters. The second kappa shape index (κ2) is 5.97. The second-order valence-electron chi connectivity index (χ2n) is 4.46. The number of halogens is 1. The van der Waals surface area contributed by atoms with E-state index in [9.17, 15) is 14.7 Å². The van der Waals surface area contributed by atoms with Gasteiger partial charge in [0.25, 0.3) is 5.91 Å². The fraction of sp³-hybridized carbons (Fsp3) is 0.0667. The van der Waals surface area contributed by atoms with E-state index in [1.54, 1.807) is 25.1 Å². The molecule has 21 heavy (non-hydrogen) atoms. The maximum Gasteiger partial charge on any atom is 0.335 e. The van der Waals surface area contributed by atoms with Crippen molar-refractivity contribution in [3.8, 4) is 5.75 Å². The van der Waals surface area contributed by atoms with Crippen molar-refractivity contribution in [3.63, 3.8) is 0 Å². The van der Waals surface area contributed by atoms with Crippen LogP contribution in [-0.4, -0.2) is 22.1 Å². The smallest absolute Gasteiger partial charge is 0.335 e. The zero-order valence-electron chi connectivity index (χ0n) is 11.1. The molecule has 0 saturated heterocycles. The number of hydrogen-bond acceptors (Lipinski definition) is 3. The quantitative estimate of drug-likeness (QED) is 0.792. The summed E-state index contributed by atoms with van der Waals surface area (Å²) >= 11 is 3.25. The number of nitrogens with one attached hydrogen (secondary N) is 1. The normalized spacial score (nSPS) is 10.2. The number of benzene rings is 2. The van der Waals surface area contributed by atoms with Crippen molar-refractivity contribution in [1.29, 1.82) is 0 Å². The lowest BCUT2D eigenvalue weighted by Gasteiger charge is -2.09. The first-order valence-corrected chi connectivity index (χ1v) is 6.81. The van der Waals surface area contributed by atoms with Crippen molar-refractivity contribution in [2.45, 2.75) is 6.92 Å². The molecule has 0 aliphatic carbocycles. The largest absolute Gasteiger partial charge is 0.508 e. The molecule has 0 aliphatic heterocycles. The molecule has 2 rings (SSSR count). The Morgan fingerprint density at radius 1 is 1.10 bits per heavy atom. The van der Waals surface area contributed by atoms with Gasteiger partial charge in [-0.3, -0.25) is 4.79 Å². The molecule has 0 spiro atoms. The lowest BCUT2D eigenvalue weighted by molar-refractivity contribution is 0.0696. The number of aryl methyl sites for hydroxylation is 1. The zero-order chi connectivity index (χ0) is 15.6. The molecule has 0 fully saturated rings. The molecule has 6 heteroatoms. The van der Waals surface area contributed by atoms with Crippen molar-refractivity contribution < 1.29 is 19.8 Å². The van der Waals surface area contributed by atoms with Gasteiger partial charge in [0, 0.05) is 10.0 Å². The number of aromatic hydroxyl groups is 1. The van der Waals surface area contributed by atoms with E-state index in [1.165, 1.54) is 18.2 Å². The van der Waals surface area contributed by atoms with Gasteiger partial charge < -0.3 is 15.5 Å². The van der Waals surface area contributed by atoms with Gasteiger partial charge in [-0.05, 0) is 58.7 Å². The number of phenolic OH excluding ortho intramolecular Hbond substituents is 1. The van der Waals surface area contributed by atoms with Crippen molar-refractivity contribution in [1.82, 2.24) is 0 Å². The van der Waals surface area contributed by atoms with Crippen LogP contribution in [0.25, 0.3) is 0 Å². The average molecular weight is 350 g/mol. The number of carboxylic acids is 1. The van der Waals surface area contributed by atoms with E-state index in [4.69, 9.17) is 5.11 Å². The van der Waals surface area contributed by atoms with Gasteiger partial charge in [-0.1, -0.05) is 6.07 Å². The summed E-state index contributed by atoms with van der Waals surface area (Å²) in [4.78, 5) is 23.1. The number of phenols is 1. The predicted molar refractivity (Wildman–Crippen MR) is 81.9 cm³/mol. The highest BCUT2D eigenvalue weighted by atomic mass is 79.9. The van der Waals surface area contributed by atoms with Crippen molar-refractivity contribution in [3.05, 3.63) is 57.6 Å². The van der Waals surface area contributed by atoms with Gasteiger partial charge in [0.05, 0.1) is 11.3 Å². The first-order chi connectivity index (χ1) is 9.88. The first-order valence-electron chi connectivity index (χ1n) is 6.02. The minimum Gasteiger partial charge on any atom is -0.508 e. The van der Waals surface area contributed by atoms with Crippen LogP contribution in [0, 0.1) is 6.92 Å². The van der Waals surface area contributed by atoms with E-state index in [0.29, 0.717) is 15.7 Å². The number of hydrogen-bond donors (Lipinski definition) is 3. The number of rotatable bonds is 3. The van der Waals surface area contributed by atoms with Crippen LogP contribution in [0.3, 0.4) is 0 Å². The molecule has 2 aromatic carbocycles. The molecule has 2 aromatic rings. The van der Waals surface area contributed by atoms with E-state index < -0.39 is 11.9 Å². The average Bonchev–Trinajstić information content (AvgIpc) is 2.43. The third-order valence-corrected chi connectivity index (χ3v) is 3.62. The maximum atomic E-state index is 12.1. The minimum atomic E-state index is -1.08. The predicted octanol–water partition coefficient (Wildman–Crippen LogP) is 3.41. The van der Waals surface area contributed by atoms with E-state index in [0.717, 1.165) is 0 Å². The third-order valence-electron chi connectivity index (χ3n) is 2.93. The maximum absolute atomic E-state index is 12.1. The van der Waals surface area contributed by atoms with Crippen LogP contribution < -0.4 is 5.32 Å². The zero-order valence-corrected chi connectivity index (χ0v) is 12.6. The van der Waals surface area contributed by atoms with Gasteiger partial charge in [-0.25, -0.2) is 4.79 Å². The van der Waals surface area contributed by atoms with Crippen molar-refractivity contribution in [2.24, 2.45) is 0 Å². The Bertz CT molecular complexity index is 728. The molecule has 0 saturated carbocycles. The number of carbonyl (C=O) groups excluding carboxylic acids is 1. The molecule has 108 valence electrons. The number of amides is 1. The summed E-state index contributed by atoms with van der Waals surface area (Å²) in [5.41, 5.74) is 1.37. The van der Waals surface area contributed by atoms with E-state index in [1.807, 2.05) is 0 Å². The Morgan fingerprint density at radius 3 is 2.38 bits per heavy atom. The van der Waals surface area contributed by atoms with E-state index >= 15 is 0 Å². The highest BCUT2D eigenvalue weighted by Crippen LogP contribution is 2.25. The van der Waals surface area contributed by atoms with Crippen LogP contribution in [0.2, 0.25) is 0 Å². The van der Waals surface area contributed by atoms with Crippen LogP contribution in [0.1, 0.15) is 26.3 Å². The van der Waals surface area contributed by atoms with Gasteiger partial charge in [0.1, 0.15) is 5.75 Å². The second-order valence-corrected chi connectivity index (χ2v) is 5.31. The van der Waals surface area contributed by atoms with Gasteiger partial charge in [-0.2, -0.15) is 0 Å². The minimum absolute atomic E-state index is 0.0287. The number of aromatic carboxylic acids is 1. The Kier molecular flexibility index (Phi) is 4.28. The fourth-order valence-corrected chi connectivity index (χ4v) is 2.04. The number of carboxylic acid groups (broad SMARTS) is 1. The Morgan fingerprint density at radius 2 is 1.76 bits per heavy atom. The van der Waals surface area contributed by atoms with Crippen LogP contribution in [0.5, 0.6) is 5.75 Å². The van der Waals surface area contributed by atoms with Gasteiger partial charge in [-0.15, -0.1) is 0 Å². The van der Waals surface area contributed by atoms with Crippen LogP contribution in [0.15, 0.2) is 40.9 Å². The molecule has 0 heterocycles. The summed E-state index contributed by atoms with van der Waals surface area (Å²) in [6.07, 6.45) is 0. The molecule has 3 N–H and O–H groups in total. The van der Waals surface area contributed by atoms with Crippen LogP contribution >= 0.6 is 15.9 Å². The summed E-state index contributed by atoms with van der Waals surface area (Å²) < 4.78 is 0.567. The van der Waals surface area contributed by atoms with Gasteiger partial charge in [0.15, 0.2) is 0 Å². The Balaban J connectivity index is 2.28. The van der Waals surface area contributed by atoms with E-state index in [2.05, 4.69) is 21.2 Å².